The van der Waals surface area contributed by atoms with Crippen LogP contribution in [0.4, 0.5) is 0 Å². The molecule has 1 saturated carbocycles. The van der Waals surface area contributed by atoms with Crippen molar-refractivity contribution in [2.45, 2.75) is 31.8 Å². The van der Waals surface area contributed by atoms with Crippen LogP contribution in [0.1, 0.15) is 19.8 Å². The van der Waals surface area contributed by atoms with Crippen molar-refractivity contribution in [3.63, 3.8) is 0 Å². The summed E-state index contributed by atoms with van der Waals surface area (Å²) < 4.78 is 9.75. The smallest absolute Gasteiger partial charge is 0.323 e. The molecule has 1 fully saturated rings. The highest BCUT2D eigenvalue weighted by molar-refractivity contribution is 5.76. The van der Waals surface area contributed by atoms with Crippen molar-refractivity contribution in [1.29, 1.82) is 0 Å². The number of methoxy groups -OCH3 is 2. The molecular formula is C10H19NO3. The summed E-state index contributed by atoms with van der Waals surface area (Å²) >= 11 is 0. The summed E-state index contributed by atoms with van der Waals surface area (Å²) in [6.45, 7) is 2.61. The average Bonchev–Trinajstić information content (AvgIpc) is 2.97. The van der Waals surface area contributed by atoms with Crippen molar-refractivity contribution in [2.75, 3.05) is 20.8 Å². The molecule has 0 aromatic carbocycles. The fourth-order valence-corrected chi connectivity index (χ4v) is 1.56. The molecule has 2 unspecified atom stereocenters. The first-order valence-corrected chi connectivity index (χ1v) is 5.01. The number of rotatable bonds is 6. The van der Waals surface area contributed by atoms with Crippen molar-refractivity contribution in [2.24, 2.45) is 5.92 Å². The topological polar surface area (TPSA) is 47.6 Å². The fraction of sp³-hybridized carbons (Fsp3) is 0.900. The predicted octanol–water partition coefficient (Wildman–Crippen LogP) is 0.562. The molecule has 0 saturated heterocycles. The Bertz CT molecular complexity index is 192. The molecule has 2 atom stereocenters. The number of esters is 1. The Morgan fingerprint density at radius 3 is 2.57 bits per heavy atom. The normalized spacial score (nSPS) is 20.2. The first-order valence-electron chi connectivity index (χ1n) is 5.01. The zero-order valence-electron chi connectivity index (χ0n) is 9.08. The Morgan fingerprint density at radius 2 is 2.14 bits per heavy atom. The van der Waals surface area contributed by atoms with Crippen LogP contribution in [0.25, 0.3) is 0 Å². The van der Waals surface area contributed by atoms with Crippen LogP contribution in [-0.4, -0.2) is 38.9 Å². The Hall–Kier alpha value is -0.610. The van der Waals surface area contributed by atoms with Gasteiger partial charge in [0.2, 0.25) is 0 Å². The molecular weight excluding hydrogens is 182 g/mol. The van der Waals surface area contributed by atoms with Gasteiger partial charge in [-0.05, 0) is 25.7 Å². The highest BCUT2D eigenvalue weighted by Gasteiger charge is 2.37. The van der Waals surface area contributed by atoms with Crippen LogP contribution >= 0.6 is 0 Å². The molecule has 0 aromatic rings. The van der Waals surface area contributed by atoms with Crippen LogP contribution in [0.2, 0.25) is 0 Å². The maximum absolute atomic E-state index is 11.4. The van der Waals surface area contributed by atoms with Crippen LogP contribution in [0.15, 0.2) is 0 Å². The van der Waals surface area contributed by atoms with E-state index in [1.165, 1.54) is 7.11 Å². The third-order valence-electron chi connectivity index (χ3n) is 2.43. The molecule has 0 bridgehead atoms. The second-order valence-electron chi connectivity index (χ2n) is 3.86. The van der Waals surface area contributed by atoms with Gasteiger partial charge in [-0.15, -0.1) is 0 Å². The van der Waals surface area contributed by atoms with Crippen molar-refractivity contribution in [1.82, 2.24) is 5.32 Å². The van der Waals surface area contributed by atoms with Gasteiger partial charge in [0.15, 0.2) is 0 Å². The number of hydrogen-bond acceptors (Lipinski definition) is 4. The number of hydrogen-bond donors (Lipinski definition) is 1. The summed E-state index contributed by atoms with van der Waals surface area (Å²) in [5.41, 5.74) is 0. The van der Waals surface area contributed by atoms with Crippen molar-refractivity contribution in [3.8, 4) is 0 Å². The Morgan fingerprint density at radius 1 is 1.50 bits per heavy atom. The van der Waals surface area contributed by atoms with Gasteiger partial charge in [-0.3, -0.25) is 10.1 Å². The van der Waals surface area contributed by atoms with Crippen molar-refractivity contribution >= 4 is 5.97 Å². The lowest BCUT2D eigenvalue weighted by Crippen LogP contribution is -2.45. The third-order valence-corrected chi connectivity index (χ3v) is 2.43. The van der Waals surface area contributed by atoms with E-state index in [2.05, 4.69) is 5.32 Å². The first kappa shape index (κ1) is 11.5. The molecule has 0 spiro atoms. The summed E-state index contributed by atoms with van der Waals surface area (Å²) in [5, 5.41) is 3.23. The van der Waals surface area contributed by atoms with E-state index < -0.39 is 0 Å². The van der Waals surface area contributed by atoms with Crippen LogP contribution < -0.4 is 5.32 Å². The molecule has 4 nitrogen and oxygen atoms in total. The fourth-order valence-electron chi connectivity index (χ4n) is 1.56. The van der Waals surface area contributed by atoms with Gasteiger partial charge in [0.25, 0.3) is 0 Å². The van der Waals surface area contributed by atoms with E-state index in [0.717, 1.165) is 12.8 Å². The quantitative estimate of drug-likeness (QED) is 0.638. The molecule has 14 heavy (non-hydrogen) atoms. The number of carbonyl (C=O) groups excluding carboxylic acids is 1. The molecule has 82 valence electrons. The van der Waals surface area contributed by atoms with E-state index in [1.807, 2.05) is 6.92 Å². The molecule has 0 aromatic heterocycles. The molecule has 4 heteroatoms. The van der Waals surface area contributed by atoms with E-state index in [9.17, 15) is 4.79 Å². The highest BCUT2D eigenvalue weighted by atomic mass is 16.5. The summed E-state index contributed by atoms with van der Waals surface area (Å²) in [5.74, 6) is 0.303. The van der Waals surface area contributed by atoms with Crippen LogP contribution in [0.3, 0.4) is 0 Å². The zero-order valence-corrected chi connectivity index (χ0v) is 9.08. The minimum atomic E-state index is -0.157. The summed E-state index contributed by atoms with van der Waals surface area (Å²) in [7, 11) is 3.09. The van der Waals surface area contributed by atoms with Crippen molar-refractivity contribution < 1.29 is 14.3 Å². The third kappa shape index (κ3) is 3.27. The largest absolute Gasteiger partial charge is 0.468 e. The number of ether oxygens (including phenoxy) is 2. The Labute approximate surface area is 85.0 Å². The molecule has 0 radical (unpaired) electrons. The van der Waals surface area contributed by atoms with Crippen molar-refractivity contribution in [3.05, 3.63) is 0 Å². The van der Waals surface area contributed by atoms with Gasteiger partial charge < -0.3 is 9.47 Å². The number of carbonyl (C=O) groups is 1. The molecule has 0 heterocycles. The Kier molecular flexibility index (Phi) is 4.35. The van der Waals surface area contributed by atoms with Gasteiger partial charge in [-0.1, -0.05) is 0 Å². The van der Waals surface area contributed by atoms with E-state index in [4.69, 9.17) is 9.47 Å². The monoisotopic (exact) mass is 201 g/mol. The van der Waals surface area contributed by atoms with Gasteiger partial charge in [0.1, 0.15) is 6.04 Å². The second-order valence-corrected chi connectivity index (χ2v) is 3.86. The summed E-state index contributed by atoms with van der Waals surface area (Å²) in [4.78, 5) is 11.4. The summed E-state index contributed by atoms with van der Waals surface area (Å²) in [6.07, 6.45) is 2.24. The lowest BCUT2D eigenvalue weighted by Gasteiger charge is -2.20. The van der Waals surface area contributed by atoms with E-state index in [-0.39, 0.29) is 18.1 Å². The van der Waals surface area contributed by atoms with E-state index in [0.29, 0.717) is 12.5 Å². The lowest BCUT2D eigenvalue weighted by molar-refractivity contribution is -0.144. The molecule has 1 N–H and O–H groups in total. The van der Waals surface area contributed by atoms with Gasteiger partial charge in [-0.2, -0.15) is 0 Å². The maximum Gasteiger partial charge on any atom is 0.323 e. The minimum absolute atomic E-state index is 0.148. The average molecular weight is 201 g/mol. The lowest BCUT2D eigenvalue weighted by atomic mass is 10.1. The maximum atomic E-state index is 11.4. The van der Waals surface area contributed by atoms with Crippen LogP contribution in [-0.2, 0) is 14.3 Å². The Balaban J connectivity index is 2.38. The molecule has 1 aliphatic carbocycles. The molecule has 0 amide bonds. The molecule has 0 aliphatic heterocycles. The van der Waals surface area contributed by atoms with Gasteiger partial charge in [0, 0.05) is 13.2 Å². The van der Waals surface area contributed by atoms with Gasteiger partial charge in [0.05, 0.1) is 13.7 Å². The van der Waals surface area contributed by atoms with Crippen LogP contribution in [0.5, 0.6) is 0 Å². The standard InChI is InChI=1S/C10H19NO3/c1-7(6-13-2)11-9(8-4-5-8)10(12)14-3/h7-9,11H,4-6H2,1-3H3. The van der Waals surface area contributed by atoms with E-state index in [1.54, 1.807) is 7.11 Å². The SMILES string of the molecule is COCC(C)NC(C(=O)OC)C1CC1. The highest BCUT2D eigenvalue weighted by Crippen LogP contribution is 2.33. The molecule has 1 rings (SSSR count). The minimum Gasteiger partial charge on any atom is -0.468 e. The van der Waals surface area contributed by atoms with E-state index >= 15 is 0 Å². The number of nitrogens with one attached hydrogen (secondary N) is 1. The van der Waals surface area contributed by atoms with Crippen LogP contribution in [0, 0.1) is 5.92 Å². The van der Waals surface area contributed by atoms with Gasteiger partial charge >= 0.3 is 5.97 Å². The first-order chi connectivity index (χ1) is 6.69. The summed E-state index contributed by atoms with van der Waals surface area (Å²) in [6, 6.07) is 0.0369. The molecule has 1 aliphatic rings. The zero-order chi connectivity index (χ0) is 10.6. The predicted molar refractivity (Wildman–Crippen MR) is 53.0 cm³/mol. The second kappa shape index (κ2) is 5.32. The van der Waals surface area contributed by atoms with Gasteiger partial charge in [-0.25, -0.2) is 0 Å².